The average molecular weight is 469 g/mol. The first-order chi connectivity index (χ1) is 16.7. The molecule has 1 aliphatic heterocycles. The number of piperazine rings is 1. The van der Waals surface area contributed by atoms with Gasteiger partial charge in [-0.3, -0.25) is 0 Å². The van der Waals surface area contributed by atoms with Gasteiger partial charge in [0.25, 0.3) is 0 Å². The lowest BCUT2D eigenvalue weighted by Crippen LogP contribution is -3.15. The van der Waals surface area contributed by atoms with Crippen molar-refractivity contribution in [3.8, 4) is 0 Å². The van der Waals surface area contributed by atoms with Crippen LogP contribution in [0.15, 0.2) is 79.1 Å². The van der Waals surface area contributed by atoms with Crippen molar-refractivity contribution in [3.63, 3.8) is 0 Å². The van der Waals surface area contributed by atoms with Crippen LogP contribution in [0, 0.1) is 6.92 Å². The summed E-state index contributed by atoms with van der Waals surface area (Å²) in [5, 5.41) is 1.97. The molecule has 5 aromatic rings. The van der Waals surface area contributed by atoms with Crippen LogP contribution < -0.4 is 9.80 Å². The molecule has 5 nitrogen and oxygen atoms in total. The van der Waals surface area contributed by atoms with Crippen LogP contribution in [0.1, 0.15) is 22.7 Å². The Balaban J connectivity index is 1.31. The Morgan fingerprint density at radius 2 is 1.62 bits per heavy atom. The summed E-state index contributed by atoms with van der Waals surface area (Å²) < 4.78 is 0. The number of H-pyrrole nitrogens is 1. The molecule has 3 aromatic carbocycles. The Labute approximate surface area is 204 Å². The molecule has 1 aliphatic rings. The highest BCUT2D eigenvalue weighted by atomic mass is 35.5. The first-order valence-corrected chi connectivity index (χ1v) is 12.2. The van der Waals surface area contributed by atoms with Crippen molar-refractivity contribution in [1.82, 2.24) is 15.0 Å². The maximum Gasteiger partial charge on any atom is 0.156 e. The lowest BCUT2D eigenvalue weighted by molar-refractivity contribution is -0.926. The standard InChI is InChI=1S/C28H26ClN5/c1-19-6-5-9-23-24(19)25-26(32-23)28(31-18-30-25)34-16-14-33(15-17-34)27(20-7-3-2-4-8-20)21-10-12-22(29)13-11-21/h2-13,18,27,32H,14-17H2,1H3/p+1/t27-/m0/s1. The Morgan fingerprint density at radius 1 is 0.882 bits per heavy atom. The summed E-state index contributed by atoms with van der Waals surface area (Å²) in [7, 11) is 0. The molecule has 1 atom stereocenters. The number of nitrogens with one attached hydrogen (secondary N) is 2. The summed E-state index contributed by atoms with van der Waals surface area (Å²) in [6, 6.07) is 25.8. The number of quaternary nitrogens is 1. The van der Waals surface area contributed by atoms with E-state index in [9.17, 15) is 0 Å². The molecular weight excluding hydrogens is 442 g/mol. The molecule has 0 radical (unpaired) electrons. The summed E-state index contributed by atoms with van der Waals surface area (Å²) in [5.41, 5.74) is 7.03. The quantitative estimate of drug-likeness (QED) is 0.406. The van der Waals surface area contributed by atoms with E-state index in [4.69, 9.17) is 16.6 Å². The third kappa shape index (κ3) is 3.71. The molecule has 1 saturated heterocycles. The minimum Gasteiger partial charge on any atom is -0.350 e. The van der Waals surface area contributed by atoms with E-state index in [2.05, 4.69) is 82.5 Å². The Bertz CT molecular complexity index is 1440. The minimum absolute atomic E-state index is 0.279. The van der Waals surface area contributed by atoms with Crippen LogP contribution in [0.3, 0.4) is 0 Å². The monoisotopic (exact) mass is 468 g/mol. The largest absolute Gasteiger partial charge is 0.350 e. The van der Waals surface area contributed by atoms with Gasteiger partial charge in [0.05, 0.1) is 26.2 Å². The fraction of sp³-hybridized carbons (Fsp3) is 0.214. The van der Waals surface area contributed by atoms with Crippen molar-refractivity contribution in [2.75, 3.05) is 31.1 Å². The highest BCUT2D eigenvalue weighted by Crippen LogP contribution is 2.31. The van der Waals surface area contributed by atoms with Gasteiger partial charge >= 0.3 is 0 Å². The SMILES string of the molecule is Cc1cccc2[nH]c3c(N4CC[NH+]([C@@H](c5ccccc5)c5ccc(Cl)cc5)CC4)ncnc3c12. The summed E-state index contributed by atoms with van der Waals surface area (Å²) in [6.45, 7) is 6.05. The summed E-state index contributed by atoms with van der Waals surface area (Å²) >= 11 is 6.19. The van der Waals surface area contributed by atoms with Gasteiger partial charge in [0, 0.05) is 27.1 Å². The predicted molar refractivity (Wildman–Crippen MR) is 139 cm³/mol. The molecule has 2 aromatic heterocycles. The number of aromatic nitrogens is 3. The molecular formula is C28H27ClN5+. The predicted octanol–water partition coefficient (Wildman–Crippen LogP) is 4.57. The molecule has 0 spiro atoms. The first kappa shape index (κ1) is 21.1. The summed E-state index contributed by atoms with van der Waals surface area (Å²) in [5.74, 6) is 1.00. The highest BCUT2D eigenvalue weighted by Gasteiger charge is 2.31. The van der Waals surface area contributed by atoms with E-state index >= 15 is 0 Å². The average Bonchev–Trinajstić information content (AvgIpc) is 3.27. The van der Waals surface area contributed by atoms with Crippen molar-refractivity contribution < 1.29 is 4.90 Å². The van der Waals surface area contributed by atoms with Gasteiger partial charge in [-0.05, 0) is 30.7 Å². The molecule has 6 rings (SSSR count). The zero-order chi connectivity index (χ0) is 23.1. The Morgan fingerprint density at radius 3 is 2.38 bits per heavy atom. The third-order valence-corrected chi connectivity index (χ3v) is 7.30. The number of hydrogen-bond donors (Lipinski definition) is 2. The number of anilines is 1. The fourth-order valence-corrected chi connectivity index (χ4v) is 5.53. The van der Waals surface area contributed by atoms with Gasteiger partial charge in [-0.15, -0.1) is 0 Å². The van der Waals surface area contributed by atoms with Gasteiger partial charge in [0.1, 0.15) is 23.4 Å². The van der Waals surface area contributed by atoms with E-state index in [0.717, 1.165) is 53.6 Å². The third-order valence-electron chi connectivity index (χ3n) is 7.05. The van der Waals surface area contributed by atoms with E-state index in [1.807, 2.05) is 12.1 Å². The number of aryl methyl sites for hydroxylation is 1. The minimum atomic E-state index is 0.279. The van der Waals surface area contributed by atoms with Gasteiger partial charge < -0.3 is 14.8 Å². The van der Waals surface area contributed by atoms with Crippen molar-refractivity contribution >= 4 is 39.4 Å². The number of benzene rings is 3. The van der Waals surface area contributed by atoms with Crippen molar-refractivity contribution in [2.24, 2.45) is 0 Å². The lowest BCUT2D eigenvalue weighted by atomic mass is 9.96. The van der Waals surface area contributed by atoms with Crippen LogP contribution in [-0.2, 0) is 0 Å². The summed E-state index contributed by atoms with van der Waals surface area (Å²) in [4.78, 5) is 16.9. The number of aromatic amines is 1. The van der Waals surface area contributed by atoms with Crippen LogP contribution in [0.4, 0.5) is 5.82 Å². The smallest absolute Gasteiger partial charge is 0.156 e. The van der Waals surface area contributed by atoms with Crippen LogP contribution in [0.2, 0.25) is 5.02 Å². The van der Waals surface area contributed by atoms with E-state index < -0.39 is 0 Å². The van der Waals surface area contributed by atoms with E-state index in [-0.39, 0.29) is 6.04 Å². The van der Waals surface area contributed by atoms with Crippen molar-refractivity contribution in [3.05, 3.63) is 101 Å². The first-order valence-electron chi connectivity index (χ1n) is 11.8. The topological polar surface area (TPSA) is 49.2 Å². The molecule has 0 unspecified atom stereocenters. The molecule has 34 heavy (non-hydrogen) atoms. The van der Waals surface area contributed by atoms with Crippen LogP contribution in [-0.4, -0.2) is 41.1 Å². The second-order valence-corrected chi connectivity index (χ2v) is 9.52. The molecule has 2 N–H and O–H groups in total. The zero-order valence-corrected chi connectivity index (χ0v) is 19.9. The second kappa shape index (κ2) is 8.75. The van der Waals surface area contributed by atoms with E-state index in [1.165, 1.54) is 22.1 Å². The van der Waals surface area contributed by atoms with Gasteiger partial charge in [0.15, 0.2) is 5.82 Å². The number of fused-ring (bicyclic) bond motifs is 3. The Kier molecular flexibility index (Phi) is 5.44. The Hall–Kier alpha value is -3.41. The number of halogens is 1. The second-order valence-electron chi connectivity index (χ2n) is 9.08. The molecule has 0 saturated carbocycles. The summed E-state index contributed by atoms with van der Waals surface area (Å²) in [6.07, 6.45) is 1.71. The molecule has 1 fully saturated rings. The van der Waals surface area contributed by atoms with Gasteiger partial charge in [-0.1, -0.05) is 66.2 Å². The van der Waals surface area contributed by atoms with Gasteiger partial charge in [-0.25, -0.2) is 9.97 Å². The van der Waals surface area contributed by atoms with Gasteiger partial charge in [-0.2, -0.15) is 0 Å². The van der Waals surface area contributed by atoms with Crippen molar-refractivity contribution in [1.29, 1.82) is 0 Å². The number of hydrogen-bond acceptors (Lipinski definition) is 3. The normalized spacial score (nSPS) is 15.8. The molecule has 3 heterocycles. The molecule has 0 aliphatic carbocycles. The van der Waals surface area contributed by atoms with E-state index in [0.29, 0.717) is 0 Å². The fourth-order valence-electron chi connectivity index (χ4n) is 5.40. The van der Waals surface area contributed by atoms with Crippen molar-refractivity contribution in [2.45, 2.75) is 13.0 Å². The zero-order valence-electron chi connectivity index (χ0n) is 19.1. The molecule has 0 amide bonds. The maximum atomic E-state index is 6.19. The highest BCUT2D eigenvalue weighted by molar-refractivity contribution is 6.30. The van der Waals surface area contributed by atoms with Crippen LogP contribution in [0.5, 0.6) is 0 Å². The maximum absolute atomic E-state index is 6.19. The molecule has 6 heteroatoms. The molecule has 0 bridgehead atoms. The lowest BCUT2D eigenvalue weighted by Gasteiger charge is -2.37. The number of nitrogens with zero attached hydrogens (tertiary/aromatic N) is 3. The van der Waals surface area contributed by atoms with Crippen LogP contribution in [0.25, 0.3) is 21.9 Å². The van der Waals surface area contributed by atoms with E-state index in [1.54, 1.807) is 11.2 Å². The molecule has 170 valence electrons. The van der Waals surface area contributed by atoms with Gasteiger partial charge in [0.2, 0.25) is 0 Å². The number of rotatable bonds is 4. The van der Waals surface area contributed by atoms with Crippen LogP contribution >= 0.6 is 11.6 Å².